The first-order valence-corrected chi connectivity index (χ1v) is 13.6. The Labute approximate surface area is 194 Å². The van der Waals surface area contributed by atoms with Crippen molar-refractivity contribution < 1.29 is 13.5 Å². The van der Waals surface area contributed by atoms with Crippen LogP contribution in [0.5, 0.6) is 0 Å². The van der Waals surface area contributed by atoms with Crippen LogP contribution in [0.15, 0.2) is 47.4 Å². The molecule has 1 aliphatic rings. The highest BCUT2D eigenvalue weighted by Crippen LogP contribution is 2.50. The fourth-order valence-corrected chi connectivity index (χ4v) is 7.45. The van der Waals surface area contributed by atoms with E-state index in [1.807, 2.05) is 56.3 Å². The molecular weight excluding hydrogens is 418 g/mol. The molecule has 0 amide bonds. The molecule has 176 valence electrons. The molecule has 3 rings (SSSR count). The van der Waals surface area contributed by atoms with Gasteiger partial charge in [0.05, 0.1) is 16.8 Å². The van der Waals surface area contributed by atoms with Crippen LogP contribution in [0.1, 0.15) is 75.0 Å². The van der Waals surface area contributed by atoms with Crippen LogP contribution in [0, 0.1) is 12.3 Å². The lowest BCUT2D eigenvalue weighted by atomic mass is 9.68. The molecule has 1 N–H and O–H groups in total. The third-order valence-corrected chi connectivity index (χ3v) is 9.06. The van der Waals surface area contributed by atoms with Gasteiger partial charge in [0.15, 0.2) is 9.84 Å². The van der Waals surface area contributed by atoms with E-state index in [0.717, 1.165) is 60.9 Å². The van der Waals surface area contributed by atoms with Gasteiger partial charge in [0.2, 0.25) is 0 Å². The molecule has 0 unspecified atom stereocenters. The fraction of sp³-hybridized carbons (Fsp3) is 0.556. The number of unbranched alkanes of at least 4 members (excludes halogenated alkanes) is 2. The average Bonchev–Trinajstić information content (AvgIpc) is 2.82. The zero-order valence-corrected chi connectivity index (χ0v) is 21.1. The Morgan fingerprint density at radius 3 is 2.25 bits per heavy atom. The molecule has 32 heavy (non-hydrogen) atoms. The summed E-state index contributed by atoms with van der Waals surface area (Å²) in [6.07, 6.45) is 4.46. The van der Waals surface area contributed by atoms with Gasteiger partial charge < -0.3 is 10.0 Å². The number of rotatable bonds is 8. The van der Waals surface area contributed by atoms with Crippen LogP contribution in [0.3, 0.4) is 0 Å². The molecule has 2 aromatic rings. The number of benzene rings is 2. The number of sulfone groups is 1. The van der Waals surface area contributed by atoms with Gasteiger partial charge in [-0.05, 0) is 49.1 Å². The standard InChI is InChI=1S/C27H39NO3S/c1-6-8-15-27(16-9-7-2)19-32(30,31)24-14-13-22(28(4)5)18-23(24)25(26(27)29)21-12-10-11-20(3)17-21/h10-14,17-18,25-26,29H,6-9,15-16,19H2,1-5H3/t25-,26-/m1/s1. The number of aliphatic hydroxyl groups excluding tert-OH is 1. The first-order valence-electron chi connectivity index (χ1n) is 11.9. The van der Waals surface area contributed by atoms with Crippen LogP contribution >= 0.6 is 0 Å². The van der Waals surface area contributed by atoms with E-state index in [2.05, 4.69) is 19.9 Å². The zero-order valence-electron chi connectivity index (χ0n) is 20.3. The van der Waals surface area contributed by atoms with E-state index in [0.29, 0.717) is 4.90 Å². The zero-order chi connectivity index (χ0) is 23.5. The lowest BCUT2D eigenvalue weighted by Crippen LogP contribution is -2.43. The molecule has 0 aliphatic carbocycles. The van der Waals surface area contributed by atoms with E-state index >= 15 is 0 Å². The van der Waals surface area contributed by atoms with Gasteiger partial charge in [0.1, 0.15) is 0 Å². The Morgan fingerprint density at radius 2 is 1.69 bits per heavy atom. The number of nitrogens with zero attached hydrogens (tertiary/aromatic N) is 1. The van der Waals surface area contributed by atoms with Crippen molar-refractivity contribution >= 4 is 15.5 Å². The molecule has 4 nitrogen and oxygen atoms in total. The normalized spacial score (nSPS) is 21.6. The maximum absolute atomic E-state index is 13.8. The van der Waals surface area contributed by atoms with Gasteiger partial charge in [-0.1, -0.05) is 69.4 Å². The highest BCUT2D eigenvalue weighted by atomic mass is 32.2. The van der Waals surface area contributed by atoms with Crippen LogP contribution in [0.2, 0.25) is 0 Å². The molecule has 2 aromatic carbocycles. The van der Waals surface area contributed by atoms with Crippen molar-refractivity contribution in [2.45, 2.75) is 76.2 Å². The highest BCUT2D eigenvalue weighted by Gasteiger charge is 2.49. The van der Waals surface area contributed by atoms with E-state index < -0.39 is 21.4 Å². The lowest BCUT2D eigenvalue weighted by Gasteiger charge is -2.40. The van der Waals surface area contributed by atoms with Crippen molar-refractivity contribution in [3.05, 3.63) is 59.2 Å². The van der Waals surface area contributed by atoms with E-state index in [1.165, 1.54) is 0 Å². The minimum absolute atomic E-state index is 0.0117. The monoisotopic (exact) mass is 457 g/mol. The second kappa shape index (κ2) is 9.96. The Hall–Kier alpha value is -1.85. The predicted molar refractivity (Wildman–Crippen MR) is 133 cm³/mol. The van der Waals surface area contributed by atoms with E-state index in [-0.39, 0.29) is 11.7 Å². The number of aryl methyl sites for hydroxylation is 1. The molecule has 1 aliphatic heterocycles. The van der Waals surface area contributed by atoms with Gasteiger partial charge >= 0.3 is 0 Å². The fourth-order valence-electron chi connectivity index (χ4n) is 5.25. The second-order valence-corrected chi connectivity index (χ2v) is 11.7. The van der Waals surface area contributed by atoms with Gasteiger partial charge in [-0.3, -0.25) is 0 Å². The largest absolute Gasteiger partial charge is 0.392 e. The average molecular weight is 458 g/mol. The van der Waals surface area contributed by atoms with Crippen molar-refractivity contribution in [2.75, 3.05) is 24.7 Å². The van der Waals surface area contributed by atoms with Crippen LogP contribution < -0.4 is 4.90 Å². The molecule has 0 saturated carbocycles. The Bertz CT molecular complexity index is 1020. The van der Waals surface area contributed by atoms with Gasteiger partial charge in [-0.25, -0.2) is 8.42 Å². The quantitative estimate of drug-likeness (QED) is 0.552. The van der Waals surface area contributed by atoms with Crippen LogP contribution in [0.25, 0.3) is 0 Å². The van der Waals surface area contributed by atoms with Gasteiger partial charge in [-0.15, -0.1) is 0 Å². The molecule has 2 atom stereocenters. The van der Waals surface area contributed by atoms with Gasteiger partial charge in [-0.2, -0.15) is 0 Å². The topological polar surface area (TPSA) is 57.6 Å². The molecular formula is C27H39NO3S. The molecule has 0 spiro atoms. The summed E-state index contributed by atoms with van der Waals surface area (Å²) in [5.74, 6) is -0.367. The molecule has 0 fully saturated rings. The third-order valence-electron chi connectivity index (χ3n) is 7.06. The maximum Gasteiger partial charge on any atom is 0.179 e. The summed E-state index contributed by atoms with van der Waals surface area (Å²) in [4.78, 5) is 2.36. The number of anilines is 1. The molecule has 0 saturated heterocycles. The van der Waals surface area contributed by atoms with Crippen LogP contribution in [0.4, 0.5) is 5.69 Å². The summed E-state index contributed by atoms with van der Waals surface area (Å²) in [7, 11) is 0.360. The van der Waals surface area contributed by atoms with Crippen molar-refractivity contribution in [2.24, 2.45) is 5.41 Å². The Balaban J connectivity index is 2.31. The SMILES string of the molecule is CCCCC1(CCCC)CS(=O)(=O)c2ccc(N(C)C)cc2[C@@H](c2cccc(C)c2)[C@H]1O. The summed E-state index contributed by atoms with van der Waals surface area (Å²) < 4.78 is 27.6. The summed E-state index contributed by atoms with van der Waals surface area (Å²) >= 11 is 0. The summed E-state index contributed by atoms with van der Waals surface area (Å²) in [5.41, 5.74) is 3.11. The first kappa shape index (κ1) is 24.8. The van der Waals surface area contributed by atoms with Crippen LogP contribution in [-0.4, -0.2) is 39.5 Å². The number of hydrogen-bond donors (Lipinski definition) is 1. The highest BCUT2D eigenvalue weighted by molar-refractivity contribution is 7.91. The Kier molecular flexibility index (Phi) is 7.72. The predicted octanol–water partition coefficient (Wildman–Crippen LogP) is 5.71. The van der Waals surface area contributed by atoms with Crippen molar-refractivity contribution in [1.82, 2.24) is 0 Å². The van der Waals surface area contributed by atoms with E-state index in [9.17, 15) is 13.5 Å². The van der Waals surface area contributed by atoms with Crippen LogP contribution in [-0.2, 0) is 9.84 Å². The first-order chi connectivity index (χ1) is 15.1. The maximum atomic E-state index is 13.8. The van der Waals surface area contributed by atoms with Crippen molar-refractivity contribution in [3.63, 3.8) is 0 Å². The van der Waals surface area contributed by atoms with Gasteiger partial charge in [0, 0.05) is 31.1 Å². The Morgan fingerprint density at radius 1 is 1.03 bits per heavy atom. The molecule has 0 radical (unpaired) electrons. The second-order valence-electron chi connectivity index (χ2n) is 9.78. The molecule has 1 heterocycles. The van der Waals surface area contributed by atoms with Crippen molar-refractivity contribution in [3.8, 4) is 0 Å². The summed E-state index contributed by atoms with van der Waals surface area (Å²) in [6.45, 7) is 6.30. The molecule has 5 heteroatoms. The third kappa shape index (κ3) is 4.89. The number of aliphatic hydroxyl groups is 1. The van der Waals surface area contributed by atoms with Crippen molar-refractivity contribution in [1.29, 1.82) is 0 Å². The van der Waals surface area contributed by atoms with Gasteiger partial charge in [0.25, 0.3) is 0 Å². The molecule has 0 bridgehead atoms. The lowest BCUT2D eigenvalue weighted by molar-refractivity contribution is 0.0127. The van der Waals surface area contributed by atoms with E-state index in [1.54, 1.807) is 6.07 Å². The minimum Gasteiger partial charge on any atom is -0.392 e. The van der Waals surface area contributed by atoms with E-state index in [4.69, 9.17) is 0 Å². The number of hydrogen-bond acceptors (Lipinski definition) is 4. The molecule has 0 aromatic heterocycles. The number of fused-ring (bicyclic) bond motifs is 1. The minimum atomic E-state index is -3.55. The smallest absolute Gasteiger partial charge is 0.179 e. The summed E-state index contributed by atoms with van der Waals surface area (Å²) in [6, 6.07) is 13.8. The summed E-state index contributed by atoms with van der Waals surface area (Å²) in [5, 5.41) is 12.1.